The van der Waals surface area contributed by atoms with E-state index >= 15 is 0 Å². The summed E-state index contributed by atoms with van der Waals surface area (Å²) in [6.07, 6.45) is 0.526. The first-order valence-electron chi connectivity index (χ1n) is 6.22. The second-order valence-corrected chi connectivity index (χ2v) is 5.03. The van der Waals surface area contributed by atoms with Crippen LogP contribution in [0.4, 0.5) is 4.39 Å². The van der Waals surface area contributed by atoms with Crippen molar-refractivity contribution < 1.29 is 9.50 Å². The van der Waals surface area contributed by atoms with E-state index in [1.165, 1.54) is 6.07 Å². The lowest BCUT2D eigenvalue weighted by molar-refractivity contribution is 0.264. The number of aryl methyl sites for hydroxylation is 1. The highest BCUT2D eigenvalue weighted by Crippen LogP contribution is 2.28. The number of benzene rings is 2. The van der Waals surface area contributed by atoms with E-state index in [0.717, 1.165) is 16.7 Å². The monoisotopic (exact) mass is 278 g/mol. The molecule has 2 aromatic carbocycles. The molecule has 2 rings (SSSR count). The summed E-state index contributed by atoms with van der Waals surface area (Å²) in [5.41, 5.74) is 2.92. The molecule has 0 heterocycles. The van der Waals surface area contributed by atoms with Gasteiger partial charge in [-0.15, -0.1) is 0 Å². The summed E-state index contributed by atoms with van der Waals surface area (Å²) in [7, 11) is 0. The van der Waals surface area contributed by atoms with Crippen LogP contribution >= 0.6 is 11.6 Å². The van der Waals surface area contributed by atoms with Crippen molar-refractivity contribution in [2.75, 3.05) is 6.61 Å². The average molecular weight is 279 g/mol. The number of rotatable bonds is 4. The zero-order valence-corrected chi connectivity index (χ0v) is 11.5. The molecule has 0 radical (unpaired) electrons. The van der Waals surface area contributed by atoms with Gasteiger partial charge in [-0.05, 0) is 36.1 Å². The Morgan fingerprint density at radius 3 is 2.58 bits per heavy atom. The zero-order chi connectivity index (χ0) is 13.8. The lowest BCUT2D eigenvalue weighted by Crippen LogP contribution is -2.10. The van der Waals surface area contributed by atoms with Gasteiger partial charge in [-0.3, -0.25) is 0 Å². The van der Waals surface area contributed by atoms with Gasteiger partial charge in [0, 0.05) is 5.92 Å². The molecule has 1 atom stereocenters. The number of hydrogen-bond acceptors (Lipinski definition) is 1. The van der Waals surface area contributed by atoms with Crippen molar-refractivity contribution in [3.8, 4) is 0 Å². The molecule has 0 amide bonds. The van der Waals surface area contributed by atoms with Gasteiger partial charge >= 0.3 is 0 Å². The van der Waals surface area contributed by atoms with Crippen molar-refractivity contribution in [1.82, 2.24) is 0 Å². The molecule has 0 saturated carbocycles. The quantitative estimate of drug-likeness (QED) is 0.892. The molecular formula is C16H16ClFO. The van der Waals surface area contributed by atoms with Crippen LogP contribution in [-0.4, -0.2) is 11.7 Å². The summed E-state index contributed by atoms with van der Waals surface area (Å²) >= 11 is 5.96. The van der Waals surface area contributed by atoms with Crippen LogP contribution in [0.2, 0.25) is 5.02 Å². The Morgan fingerprint density at radius 2 is 1.89 bits per heavy atom. The molecule has 0 aliphatic rings. The molecule has 0 aliphatic heterocycles. The van der Waals surface area contributed by atoms with E-state index in [1.54, 1.807) is 12.1 Å². The largest absolute Gasteiger partial charge is 0.396 e. The van der Waals surface area contributed by atoms with Gasteiger partial charge in [0.05, 0.1) is 11.6 Å². The van der Waals surface area contributed by atoms with E-state index in [-0.39, 0.29) is 17.5 Å². The first-order chi connectivity index (χ1) is 9.13. The summed E-state index contributed by atoms with van der Waals surface area (Å²) in [4.78, 5) is 0. The number of aliphatic hydroxyl groups is 1. The minimum absolute atomic E-state index is 0.0116. The van der Waals surface area contributed by atoms with E-state index in [2.05, 4.69) is 0 Å². The lowest BCUT2D eigenvalue weighted by atomic mass is 9.90. The summed E-state index contributed by atoms with van der Waals surface area (Å²) in [6, 6.07) is 12.7. The van der Waals surface area contributed by atoms with Crippen molar-refractivity contribution in [3.63, 3.8) is 0 Å². The van der Waals surface area contributed by atoms with Gasteiger partial charge in [0.1, 0.15) is 5.82 Å². The third-order valence-corrected chi connectivity index (χ3v) is 3.77. The molecule has 2 aromatic rings. The Hall–Kier alpha value is -1.38. The maximum absolute atomic E-state index is 13.4. The summed E-state index contributed by atoms with van der Waals surface area (Å²) in [5, 5.41) is 9.74. The molecule has 0 aromatic heterocycles. The van der Waals surface area contributed by atoms with Crippen LogP contribution < -0.4 is 0 Å². The summed E-state index contributed by atoms with van der Waals surface area (Å²) in [6.45, 7) is 2.02. The molecule has 0 bridgehead atoms. The SMILES string of the molecule is Cc1ccccc1C(CO)Cc1cccc(F)c1Cl. The van der Waals surface area contributed by atoms with E-state index < -0.39 is 5.82 Å². The van der Waals surface area contributed by atoms with Crippen LogP contribution in [0.15, 0.2) is 42.5 Å². The Balaban J connectivity index is 2.30. The number of hydrogen-bond donors (Lipinski definition) is 1. The average Bonchev–Trinajstić information content (AvgIpc) is 2.41. The molecule has 1 unspecified atom stereocenters. The van der Waals surface area contributed by atoms with Crippen molar-refractivity contribution in [1.29, 1.82) is 0 Å². The molecule has 0 saturated heterocycles. The Morgan fingerprint density at radius 1 is 1.16 bits per heavy atom. The molecule has 1 N–H and O–H groups in total. The highest BCUT2D eigenvalue weighted by Gasteiger charge is 2.16. The molecule has 19 heavy (non-hydrogen) atoms. The molecule has 0 fully saturated rings. The summed E-state index contributed by atoms with van der Waals surface area (Å²) in [5.74, 6) is -0.485. The van der Waals surface area contributed by atoms with Crippen LogP contribution in [-0.2, 0) is 6.42 Å². The lowest BCUT2D eigenvalue weighted by Gasteiger charge is -2.18. The highest BCUT2D eigenvalue weighted by molar-refractivity contribution is 6.31. The third-order valence-electron chi connectivity index (χ3n) is 3.35. The van der Waals surface area contributed by atoms with Crippen molar-refractivity contribution in [3.05, 3.63) is 70.0 Å². The molecular weight excluding hydrogens is 263 g/mol. The Labute approximate surface area is 117 Å². The highest BCUT2D eigenvalue weighted by atomic mass is 35.5. The Bertz CT molecular complexity index is 568. The van der Waals surface area contributed by atoms with Gasteiger partial charge in [0.15, 0.2) is 0 Å². The van der Waals surface area contributed by atoms with Gasteiger partial charge in [0.25, 0.3) is 0 Å². The standard InChI is InChI=1S/C16H16ClFO/c1-11-5-2-3-7-14(11)13(10-19)9-12-6-4-8-15(18)16(12)17/h2-8,13,19H,9-10H2,1H3. The van der Waals surface area contributed by atoms with Crippen LogP contribution in [0.3, 0.4) is 0 Å². The van der Waals surface area contributed by atoms with Crippen LogP contribution in [0, 0.1) is 12.7 Å². The molecule has 100 valence electrons. The number of halogens is 2. The fraction of sp³-hybridized carbons (Fsp3) is 0.250. The fourth-order valence-corrected chi connectivity index (χ4v) is 2.49. The van der Waals surface area contributed by atoms with Gasteiger partial charge in [-0.25, -0.2) is 4.39 Å². The van der Waals surface area contributed by atoms with E-state index in [9.17, 15) is 9.50 Å². The van der Waals surface area contributed by atoms with Gasteiger partial charge in [-0.2, -0.15) is 0 Å². The first kappa shape index (κ1) is 14.0. The normalized spacial score (nSPS) is 12.4. The first-order valence-corrected chi connectivity index (χ1v) is 6.60. The maximum atomic E-state index is 13.4. The second kappa shape index (κ2) is 6.18. The fourth-order valence-electron chi connectivity index (χ4n) is 2.29. The van der Waals surface area contributed by atoms with Crippen LogP contribution in [0.5, 0.6) is 0 Å². The van der Waals surface area contributed by atoms with Gasteiger partial charge in [-0.1, -0.05) is 48.0 Å². The predicted molar refractivity (Wildman–Crippen MR) is 76.1 cm³/mol. The second-order valence-electron chi connectivity index (χ2n) is 4.65. The summed E-state index contributed by atoms with van der Waals surface area (Å²) < 4.78 is 13.4. The van der Waals surface area contributed by atoms with Gasteiger partial charge < -0.3 is 5.11 Å². The number of aliphatic hydroxyl groups excluding tert-OH is 1. The smallest absolute Gasteiger partial charge is 0.142 e. The molecule has 0 aliphatic carbocycles. The predicted octanol–water partition coefficient (Wildman–Crippen LogP) is 4.11. The Kier molecular flexibility index (Phi) is 4.56. The third kappa shape index (κ3) is 3.14. The van der Waals surface area contributed by atoms with E-state index in [1.807, 2.05) is 31.2 Å². The topological polar surface area (TPSA) is 20.2 Å². The minimum atomic E-state index is -0.416. The van der Waals surface area contributed by atoms with E-state index in [4.69, 9.17) is 11.6 Å². The van der Waals surface area contributed by atoms with Crippen molar-refractivity contribution in [2.45, 2.75) is 19.3 Å². The van der Waals surface area contributed by atoms with Crippen molar-refractivity contribution in [2.24, 2.45) is 0 Å². The molecule has 0 spiro atoms. The van der Waals surface area contributed by atoms with Crippen molar-refractivity contribution >= 4 is 11.6 Å². The van der Waals surface area contributed by atoms with Gasteiger partial charge in [0.2, 0.25) is 0 Å². The minimum Gasteiger partial charge on any atom is -0.396 e. The van der Waals surface area contributed by atoms with Crippen LogP contribution in [0.25, 0.3) is 0 Å². The molecule has 3 heteroatoms. The zero-order valence-electron chi connectivity index (χ0n) is 10.7. The van der Waals surface area contributed by atoms with Crippen LogP contribution in [0.1, 0.15) is 22.6 Å². The maximum Gasteiger partial charge on any atom is 0.142 e. The molecule has 1 nitrogen and oxygen atoms in total. The van der Waals surface area contributed by atoms with E-state index in [0.29, 0.717) is 6.42 Å².